The fourth-order valence-corrected chi connectivity index (χ4v) is 8.05. The Balaban J connectivity index is 1.53. The number of para-hydroxylation sites is 1. The summed E-state index contributed by atoms with van der Waals surface area (Å²) < 4.78 is 72.3. The first-order chi connectivity index (χ1) is 21.4. The first kappa shape index (κ1) is 32.7. The van der Waals surface area contributed by atoms with E-state index in [9.17, 15) is 30.7 Å². The van der Waals surface area contributed by atoms with E-state index in [1.807, 2.05) is 89.7 Å². The molecular weight excluding hydrogens is 655 g/mol. The van der Waals surface area contributed by atoms with Crippen molar-refractivity contribution in [2.24, 2.45) is 0 Å². The SMILES string of the molecule is CCn1c(=O)/c(=C\C=C2/C=CN(CCS(=O)(=O)[O-])c3ccccc32)s/c1=C/c1scc(-c2ccccc2)[n+]1CCCS(=O)(=O)[O-]. The van der Waals surface area contributed by atoms with E-state index >= 15 is 0 Å². The monoisotopic (exact) mass is 684 g/mol. The number of thiazole rings is 2. The summed E-state index contributed by atoms with van der Waals surface area (Å²) in [5.41, 5.74) is 4.11. The van der Waals surface area contributed by atoms with Crippen LogP contribution < -0.4 is 24.2 Å². The highest BCUT2D eigenvalue weighted by molar-refractivity contribution is 7.85. The molecule has 3 heterocycles. The van der Waals surface area contributed by atoms with Gasteiger partial charge in [0.15, 0.2) is 6.54 Å². The van der Waals surface area contributed by atoms with E-state index < -0.39 is 31.7 Å². The van der Waals surface area contributed by atoms with Crippen LogP contribution in [0.1, 0.15) is 23.9 Å². The Morgan fingerprint density at radius 1 is 0.933 bits per heavy atom. The Morgan fingerprint density at radius 3 is 2.36 bits per heavy atom. The first-order valence-corrected chi connectivity index (χ1v) is 18.9. The fraction of sp³-hybridized carbons (Fsp3) is 0.226. The molecule has 0 saturated carbocycles. The lowest BCUT2D eigenvalue weighted by Gasteiger charge is -2.28. The third-order valence-corrected chi connectivity index (χ3v) is 10.6. The van der Waals surface area contributed by atoms with Gasteiger partial charge in [-0.05, 0) is 42.8 Å². The molecule has 2 aromatic heterocycles. The zero-order chi connectivity index (χ0) is 32.2. The van der Waals surface area contributed by atoms with Gasteiger partial charge in [0.25, 0.3) is 10.6 Å². The van der Waals surface area contributed by atoms with E-state index in [1.54, 1.807) is 21.7 Å². The third-order valence-electron chi connectivity index (χ3n) is 7.15. The molecule has 0 spiro atoms. The predicted molar refractivity (Wildman–Crippen MR) is 176 cm³/mol. The van der Waals surface area contributed by atoms with Crippen molar-refractivity contribution in [1.82, 2.24) is 4.57 Å². The van der Waals surface area contributed by atoms with E-state index in [2.05, 4.69) is 0 Å². The average molecular weight is 685 g/mol. The molecule has 0 unspecified atom stereocenters. The first-order valence-electron chi connectivity index (χ1n) is 14.0. The molecule has 0 N–H and O–H groups in total. The largest absolute Gasteiger partial charge is 0.748 e. The van der Waals surface area contributed by atoms with Crippen LogP contribution >= 0.6 is 22.7 Å². The number of benzene rings is 2. The van der Waals surface area contributed by atoms with Crippen LogP contribution in [0.15, 0.2) is 83.1 Å². The van der Waals surface area contributed by atoms with Crippen LogP contribution in [0.5, 0.6) is 0 Å². The standard InChI is InChI=1S/C31H31N3O7S4/c1-2-33-30(21-29-34(16-8-19-44(36,37)38)27(22-42-29)24-9-4-3-5-10-24)43-28(31(33)35)14-13-23-15-17-32(18-20-45(39,40)41)26-12-7-6-11-25(23)26/h3-7,9-15,17,21-22H,2,8,16,18-20H2,1H3,(H-,36,37,38,39,40,41)/p-1/b23-13+,28-14+. The summed E-state index contributed by atoms with van der Waals surface area (Å²) in [7, 11) is -8.72. The molecular formula is C31H30N3O7S4-. The molecule has 0 amide bonds. The molecule has 0 bridgehead atoms. The van der Waals surface area contributed by atoms with E-state index in [-0.39, 0.29) is 18.5 Å². The van der Waals surface area contributed by atoms with Gasteiger partial charge in [0, 0.05) is 48.3 Å². The van der Waals surface area contributed by atoms with Crippen molar-refractivity contribution >= 4 is 66.3 Å². The zero-order valence-electron chi connectivity index (χ0n) is 24.2. The van der Waals surface area contributed by atoms with Crippen molar-refractivity contribution in [2.75, 3.05) is 23.0 Å². The minimum absolute atomic E-state index is 0.0308. The number of fused-ring (bicyclic) bond motifs is 1. The number of hydrogen-bond donors (Lipinski definition) is 0. The smallest absolute Gasteiger partial charge is 0.269 e. The van der Waals surface area contributed by atoms with Gasteiger partial charge in [-0.1, -0.05) is 53.8 Å². The number of aromatic nitrogens is 2. The van der Waals surface area contributed by atoms with Gasteiger partial charge in [-0.15, -0.1) is 11.3 Å². The summed E-state index contributed by atoms with van der Waals surface area (Å²) in [5.74, 6) is -0.986. The molecule has 0 aliphatic carbocycles. The molecule has 1 aliphatic rings. The van der Waals surface area contributed by atoms with Gasteiger partial charge >= 0.3 is 0 Å². The highest BCUT2D eigenvalue weighted by atomic mass is 32.2. The van der Waals surface area contributed by atoms with E-state index in [4.69, 9.17) is 0 Å². The molecule has 236 valence electrons. The second kappa shape index (κ2) is 13.8. The van der Waals surface area contributed by atoms with Gasteiger partial charge in [-0.2, -0.15) is 4.57 Å². The molecule has 0 fully saturated rings. The maximum Gasteiger partial charge on any atom is 0.269 e. The second-order valence-electron chi connectivity index (χ2n) is 10.2. The highest BCUT2D eigenvalue weighted by Gasteiger charge is 2.21. The number of allylic oxidation sites excluding steroid dienone is 3. The minimum atomic E-state index is -4.37. The van der Waals surface area contributed by atoms with Gasteiger partial charge in [0.2, 0.25) is 5.69 Å². The molecule has 0 atom stereocenters. The van der Waals surface area contributed by atoms with Crippen LogP contribution in [0.2, 0.25) is 0 Å². The van der Waals surface area contributed by atoms with Crippen molar-refractivity contribution in [1.29, 1.82) is 0 Å². The summed E-state index contributed by atoms with van der Waals surface area (Å²) in [4.78, 5) is 15.1. The van der Waals surface area contributed by atoms with Gasteiger partial charge in [0.1, 0.15) is 4.66 Å². The van der Waals surface area contributed by atoms with Gasteiger partial charge in [-0.3, -0.25) is 9.36 Å². The number of rotatable bonds is 11. The van der Waals surface area contributed by atoms with Crippen LogP contribution in [0.3, 0.4) is 0 Å². The number of nitrogens with zero attached hydrogens (tertiary/aromatic N) is 3. The van der Waals surface area contributed by atoms with E-state index in [0.29, 0.717) is 17.6 Å². The minimum Gasteiger partial charge on any atom is -0.748 e. The van der Waals surface area contributed by atoms with Gasteiger partial charge in [0.05, 0.1) is 42.0 Å². The molecule has 0 saturated heterocycles. The molecule has 45 heavy (non-hydrogen) atoms. The van der Waals surface area contributed by atoms with Crippen molar-refractivity contribution in [3.63, 3.8) is 0 Å². The Labute approximate surface area is 269 Å². The number of hydrogen-bond acceptors (Lipinski definition) is 10. The van der Waals surface area contributed by atoms with E-state index in [0.717, 1.165) is 37.8 Å². The number of anilines is 1. The van der Waals surface area contributed by atoms with Crippen LogP contribution in [-0.4, -0.2) is 48.6 Å². The summed E-state index contributed by atoms with van der Waals surface area (Å²) in [6.45, 7) is 2.68. The predicted octanol–water partition coefficient (Wildman–Crippen LogP) is 2.45. The molecule has 14 heteroatoms. The van der Waals surface area contributed by atoms with Crippen molar-refractivity contribution in [3.8, 4) is 11.3 Å². The highest BCUT2D eigenvalue weighted by Crippen LogP contribution is 2.32. The topological polar surface area (TPSA) is 144 Å². The normalized spacial score (nSPS) is 15.3. The Morgan fingerprint density at radius 2 is 1.64 bits per heavy atom. The fourth-order valence-electron chi connectivity index (χ4n) is 5.02. The van der Waals surface area contributed by atoms with Crippen molar-refractivity contribution in [3.05, 3.63) is 108 Å². The van der Waals surface area contributed by atoms with Gasteiger partial charge < -0.3 is 14.0 Å². The molecule has 10 nitrogen and oxygen atoms in total. The maximum atomic E-state index is 13.4. The molecule has 1 aliphatic heterocycles. The summed E-state index contributed by atoms with van der Waals surface area (Å²) in [6, 6.07) is 17.1. The maximum absolute atomic E-state index is 13.4. The van der Waals surface area contributed by atoms with Crippen LogP contribution in [0.4, 0.5) is 5.69 Å². The molecule has 0 radical (unpaired) electrons. The van der Waals surface area contributed by atoms with Crippen LogP contribution in [-0.2, 0) is 33.3 Å². The quantitative estimate of drug-likeness (QED) is 0.173. The summed E-state index contributed by atoms with van der Waals surface area (Å²) in [5, 5.41) is 2.80. The molecule has 5 rings (SSSR count). The Hall–Kier alpha value is -3.66. The molecule has 2 aromatic carbocycles. The lowest BCUT2D eigenvalue weighted by atomic mass is 9.99. The van der Waals surface area contributed by atoms with Crippen molar-refractivity contribution in [2.45, 2.75) is 26.4 Å². The van der Waals surface area contributed by atoms with E-state index in [1.165, 1.54) is 22.7 Å². The zero-order valence-corrected chi connectivity index (χ0v) is 27.5. The average Bonchev–Trinajstić information content (AvgIpc) is 3.53. The lowest BCUT2D eigenvalue weighted by Crippen LogP contribution is -2.38. The summed E-state index contributed by atoms with van der Waals surface area (Å²) in [6.07, 6.45) is 9.23. The van der Waals surface area contributed by atoms with Crippen LogP contribution in [0, 0.1) is 0 Å². The summed E-state index contributed by atoms with van der Waals surface area (Å²) >= 11 is 2.81. The third kappa shape index (κ3) is 8.14. The molecule has 4 aromatic rings. The van der Waals surface area contributed by atoms with Crippen molar-refractivity contribution < 1.29 is 30.5 Å². The van der Waals surface area contributed by atoms with Crippen LogP contribution in [0.25, 0.3) is 29.0 Å². The van der Waals surface area contributed by atoms with Gasteiger partial charge in [-0.25, -0.2) is 16.8 Å². The lowest BCUT2D eigenvalue weighted by molar-refractivity contribution is -0.683. The Bertz CT molecular complexity index is 2160. The second-order valence-corrected chi connectivity index (χ2v) is 15.2. The Kier molecular flexibility index (Phi) is 10.0.